The van der Waals surface area contributed by atoms with E-state index in [1.807, 2.05) is 56.4 Å². The fraction of sp³-hybridized carbons (Fsp3) is 0.235. The van der Waals surface area contributed by atoms with Gasteiger partial charge >= 0.3 is 0 Å². The number of benzene rings is 2. The number of amides is 1. The summed E-state index contributed by atoms with van der Waals surface area (Å²) in [5, 5.41) is 1.34. The smallest absolute Gasteiger partial charge is 0.227 e. The molecule has 0 aliphatic heterocycles. The molecule has 0 bridgehead atoms. The lowest BCUT2D eigenvalue weighted by Crippen LogP contribution is -2.30. The molecule has 0 saturated carbocycles. The Morgan fingerprint density at radius 3 is 2.38 bits per heavy atom. The van der Waals surface area contributed by atoms with Gasteiger partial charge in [-0.2, -0.15) is 0 Å². The van der Waals surface area contributed by atoms with Crippen LogP contribution in [0.5, 0.6) is 0 Å². The first kappa shape index (κ1) is 15.9. The molecule has 1 unspecified atom stereocenters. The maximum Gasteiger partial charge on any atom is 0.227 e. The number of carbonyl (C=O) groups is 1. The molecule has 4 heteroatoms. The molecule has 0 aliphatic rings. The van der Waals surface area contributed by atoms with Crippen molar-refractivity contribution in [2.45, 2.75) is 19.4 Å². The van der Waals surface area contributed by atoms with Gasteiger partial charge < -0.3 is 4.90 Å². The van der Waals surface area contributed by atoms with Gasteiger partial charge in [0.15, 0.2) is 0 Å². The number of halogens is 2. The fourth-order valence-electron chi connectivity index (χ4n) is 2.13. The second-order valence-corrected chi connectivity index (χ2v) is 5.91. The molecule has 1 amide bonds. The quantitative estimate of drug-likeness (QED) is 0.795. The minimum atomic E-state index is -0.00560. The Balaban J connectivity index is 2.06. The van der Waals surface area contributed by atoms with E-state index in [0.29, 0.717) is 16.5 Å². The highest BCUT2D eigenvalue weighted by atomic mass is 35.5. The second-order valence-electron chi connectivity index (χ2n) is 5.04. The van der Waals surface area contributed by atoms with E-state index in [0.717, 1.165) is 11.1 Å². The summed E-state index contributed by atoms with van der Waals surface area (Å²) in [6.45, 7) is 2.00. The highest BCUT2D eigenvalue weighted by molar-refractivity contribution is 6.30. The van der Waals surface area contributed by atoms with Crippen LogP contribution in [0.3, 0.4) is 0 Å². The minimum absolute atomic E-state index is 0.00560. The van der Waals surface area contributed by atoms with Crippen molar-refractivity contribution < 1.29 is 4.79 Å². The van der Waals surface area contributed by atoms with Gasteiger partial charge in [-0.05, 0) is 42.3 Å². The Morgan fingerprint density at radius 2 is 1.76 bits per heavy atom. The summed E-state index contributed by atoms with van der Waals surface area (Å²) in [6, 6.07) is 14.9. The van der Waals surface area contributed by atoms with E-state index >= 15 is 0 Å². The molecule has 110 valence electrons. The fourth-order valence-corrected chi connectivity index (χ4v) is 2.47. The zero-order valence-electron chi connectivity index (χ0n) is 12.0. The van der Waals surface area contributed by atoms with Crippen LogP contribution in [0.15, 0.2) is 48.5 Å². The van der Waals surface area contributed by atoms with Crippen LogP contribution in [0.2, 0.25) is 10.0 Å². The maximum absolute atomic E-state index is 12.4. The van der Waals surface area contributed by atoms with Crippen LogP contribution in [0.1, 0.15) is 24.1 Å². The van der Waals surface area contributed by atoms with Crippen molar-refractivity contribution in [3.05, 3.63) is 69.7 Å². The molecule has 1 atom stereocenters. The predicted molar refractivity (Wildman–Crippen MR) is 87.8 cm³/mol. The topological polar surface area (TPSA) is 20.3 Å². The third-order valence-electron chi connectivity index (χ3n) is 3.57. The highest BCUT2D eigenvalue weighted by Gasteiger charge is 2.17. The first-order chi connectivity index (χ1) is 9.97. The molecule has 0 saturated heterocycles. The largest absolute Gasteiger partial charge is 0.339 e. The monoisotopic (exact) mass is 321 g/mol. The highest BCUT2D eigenvalue weighted by Crippen LogP contribution is 2.22. The number of hydrogen-bond acceptors (Lipinski definition) is 1. The van der Waals surface area contributed by atoms with Crippen molar-refractivity contribution in [3.8, 4) is 0 Å². The number of carbonyl (C=O) groups excluding carboxylic acids is 1. The number of rotatable bonds is 4. The van der Waals surface area contributed by atoms with E-state index < -0.39 is 0 Å². The van der Waals surface area contributed by atoms with Crippen LogP contribution in [-0.2, 0) is 11.2 Å². The molecule has 0 spiro atoms. The van der Waals surface area contributed by atoms with Crippen LogP contribution in [0, 0.1) is 0 Å². The third-order valence-corrected chi connectivity index (χ3v) is 4.06. The van der Waals surface area contributed by atoms with Crippen molar-refractivity contribution in [1.82, 2.24) is 4.90 Å². The summed E-state index contributed by atoms with van der Waals surface area (Å²) in [4.78, 5) is 14.1. The summed E-state index contributed by atoms with van der Waals surface area (Å²) in [5.74, 6) is 0.0553. The van der Waals surface area contributed by atoms with Crippen LogP contribution in [0.25, 0.3) is 0 Å². The van der Waals surface area contributed by atoms with Gasteiger partial charge in [0, 0.05) is 17.1 Å². The van der Waals surface area contributed by atoms with Gasteiger partial charge in [0.1, 0.15) is 0 Å². The molecular formula is C17H17Cl2NO. The molecule has 0 heterocycles. The Kier molecular flexibility index (Phi) is 5.27. The molecule has 0 aliphatic carbocycles. The maximum atomic E-state index is 12.4. The van der Waals surface area contributed by atoms with Crippen LogP contribution in [0.4, 0.5) is 0 Å². The summed E-state index contributed by atoms with van der Waals surface area (Å²) in [6.07, 6.45) is 0.342. The lowest BCUT2D eigenvalue weighted by molar-refractivity contribution is -0.131. The summed E-state index contributed by atoms with van der Waals surface area (Å²) < 4.78 is 0. The zero-order valence-corrected chi connectivity index (χ0v) is 13.5. The van der Waals surface area contributed by atoms with E-state index in [9.17, 15) is 4.79 Å². The number of nitrogens with zero attached hydrogens (tertiary/aromatic N) is 1. The minimum Gasteiger partial charge on any atom is -0.339 e. The third kappa shape index (κ3) is 4.23. The van der Waals surface area contributed by atoms with Crippen molar-refractivity contribution >= 4 is 29.1 Å². The predicted octanol–water partition coefficient (Wildman–Crippen LogP) is 4.76. The normalized spacial score (nSPS) is 12.0. The summed E-state index contributed by atoms with van der Waals surface area (Å²) in [7, 11) is 1.81. The Bertz CT molecular complexity index is 625. The lowest BCUT2D eigenvalue weighted by Gasteiger charge is -2.25. The van der Waals surface area contributed by atoms with Gasteiger partial charge in [0.25, 0.3) is 0 Å². The van der Waals surface area contributed by atoms with Gasteiger partial charge in [0.05, 0.1) is 12.5 Å². The summed E-state index contributed by atoms with van der Waals surface area (Å²) >= 11 is 11.8. The number of hydrogen-bond donors (Lipinski definition) is 0. The van der Waals surface area contributed by atoms with Crippen LogP contribution >= 0.6 is 23.2 Å². The molecule has 2 aromatic carbocycles. The van der Waals surface area contributed by atoms with E-state index in [-0.39, 0.29) is 11.9 Å². The molecule has 0 radical (unpaired) electrons. The molecule has 0 N–H and O–H groups in total. The van der Waals surface area contributed by atoms with Crippen molar-refractivity contribution in [3.63, 3.8) is 0 Å². The Hall–Kier alpha value is -1.51. The molecule has 2 aromatic rings. The molecular weight excluding hydrogens is 305 g/mol. The first-order valence-corrected chi connectivity index (χ1v) is 7.48. The van der Waals surface area contributed by atoms with E-state index in [1.165, 1.54) is 0 Å². The first-order valence-electron chi connectivity index (χ1n) is 6.73. The van der Waals surface area contributed by atoms with Crippen molar-refractivity contribution in [2.75, 3.05) is 7.05 Å². The van der Waals surface area contributed by atoms with Gasteiger partial charge in [-0.3, -0.25) is 4.79 Å². The second kappa shape index (κ2) is 6.97. The van der Waals surface area contributed by atoms with Gasteiger partial charge in [-0.25, -0.2) is 0 Å². The summed E-state index contributed by atoms with van der Waals surface area (Å²) in [5.41, 5.74) is 1.98. The van der Waals surface area contributed by atoms with Gasteiger partial charge in [-0.1, -0.05) is 47.5 Å². The number of likely N-dealkylation sites (N-methyl/N-ethyl adjacent to an activating group) is 1. The van der Waals surface area contributed by atoms with Crippen LogP contribution in [-0.4, -0.2) is 17.9 Å². The Morgan fingerprint density at radius 1 is 1.10 bits per heavy atom. The van der Waals surface area contributed by atoms with E-state index in [1.54, 1.807) is 11.0 Å². The average molecular weight is 322 g/mol. The molecule has 0 aromatic heterocycles. The van der Waals surface area contributed by atoms with Crippen molar-refractivity contribution in [2.24, 2.45) is 0 Å². The Labute approximate surface area is 135 Å². The van der Waals surface area contributed by atoms with Gasteiger partial charge in [-0.15, -0.1) is 0 Å². The zero-order chi connectivity index (χ0) is 15.4. The standard InChI is InChI=1S/C17H17Cl2NO/c1-12(14-6-8-15(18)9-7-14)20(2)17(21)11-13-4-3-5-16(19)10-13/h3-10,12H,11H2,1-2H3. The van der Waals surface area contributed by atoms with Gasteiger partial charge in [0.2, 0.25) is 5.91 Å². The van der Waals surface area contributed by atoms with Crippen molar-refractivity contribution in [1.29, 1.82) is 0 Å². The molecule has 21 heavy (non-hydrogen) atoms. The van der Waals surface area contributed by atoms with E-state index in [4.69, 9.17) is 23.2 Å². The van der Waals surface area contributed by atoms with E-state index in [2.05, 4.69) is 0 Å². The average Bonchev–Trinajstić information content (AvgIpc) is 2.46. The molecule has 2 rings (SSSR count). The SMILES string of the molecule is CC(c1ccc(Cl)cc1)N(C)C(=O)Cc1cccc(Cl)c1. The molecule has 2 nitrogen and oxygen atoms in total. The van der Waals surface area contributed by atoms with Crippen LogP contribution < -0.4 is 0 Å². The lowest BCUT2D eigenvalue weighted by atomic mass is 10.1. The molecule has 0 fully saturated rings.